The Morgan fingerprint density at radius 2 is 1.73 bits per heavy atom. The molecular weight excluding hydrogens is 368 g/mol. The molecule has 3 rings (SSSR count). The standard InChI is InChI=1S/C16H12BrClN2O2/c1-20-8-12(9-2-4-10(17)5-3-9)16(19-20)11-6-13(18)15(22)7-14(11)21/h2-8,21-22H,1H3. The molecule has 3 aromatic rings. The molecule has 0 unspecified atom stereocenters. The van der Waals surface area contributed by atoms with Gasteiger partial charge in [-0.2, -0.15) is 5.10 Å². The topological polar surface area (TPSA) is 58.3 Å². The first kappa shape index (κ1) is 14.9. The van der Waals surface area contributed by atoms with Crippen LogP contribution in [0.5, 0.6) is 11.5 Å². The molecule has 0 saturated carbocycles. The molecule has 0 spiro atoms. The highest BCUT2D eigenvalue weighted by Gasteiger charge is 2.17. The summed E-state index contributed by atoms with van der Waals surface area (Å²) in [7, 11) is 1.81. The van der Waals surface area contributed by atoms with Gasteiger partial charge in [0.15, 0.2) is 0 Å². The van der Waals surface area contributed by atoms with Gasteiger partial charge in [-0.1, -0.05) is 39.7 Å². The molecule has 0 bridgehead atoms. The summed E-state index contributed by atoms with van der Waals surface area (Å²) in [6, 6.07) is 10.5. The Bertz CT molecular complexity index is 844. The van der Waals surface area contributed by atoms with E-state index in [0.29, 0.717) is 11.3 Å². The van der Waals surface area contributed by atoms with E-state index >= 15 is 0 Å². The second-order valence-corrected chi connectivity index (χ2v) is 6.22. The SMILES string of the molecule is Cn1cc(-c2ccc(Br)cc2)c(-c2cc(Cl)c(O)cc2O)n1. The molecule has 0 amide bonds. The molecule has 1 heterocycles. The highest BCUT2D eigenvalue weighted by atomic mass is 79.9. The van der Waals surface area contributed by atoms with E-state index in [9.17, 15) is 10.2 Å². The summed E-state index contributed by atoms with van der Waals surface area (Å²) >= 11 is 9.37. The number of rotatable bonds is 2. The summed E-state index contributed by atoms with van der Waals surface area (Å²) in [6.45, 7) is 0. The molecule has 0 aliphatic heterocycles. The van der Waals surface area contributed by atoms with Gasteiger partial charge in [0.05, 0.1) is 5.02 Å². The van der Waals surface area contributed by atoms with Gasteiger partial charge in [-0.25, -0.2) is 0 Å². The van der Waals surface area contributed by atoms with E-state index < -0.39 is 0 Å². The lowest BCUT2D eigenvalue weighted by atomic mass is 10.0. The molecule has 6 heteroatoms. The number of hydrogen-bond donors (Lipinski definition) is 2. The third-order valence-corrected chi connectivity index (χ3v) is 4.14. The van der Waals surface area contributed by atoms with Crippen molar-refractivity contribution >= 4 is 27.5 Å². The number of phenols is 2. The second kappa shape index (κ2) is 5.66. The molecule has 22 heavy (non-hydrogen) atoms. The van der Waals surface area contributed by atoms with E-state index in [4.69, 9.17) is 11.6 Å². The molecule has 0 radical (unpaired) electrons. The van der Waals surface area contributed by atoms with E-state index in [0.717, 1.165) is 15.6 Å². The van der Waals surface area contributed by atoms with Crippen LogP contribution in [0.25, 0.3) is 22.4 Å². The second-order valence-electron chi connectivity index (χ2n) is 4.89. The molecule has 1 aromatic heterocycles. The lowest BCUT2D eigenvalue weighted by Crippen LogP contribution is -1.88. The molecule has 0 fully saturated rings. The quantitative estimate of drug-likeness (QED) is 0.685. The van der Waals surface area contributed by atoms with Crippen LogP contribution >= 0.6 is 27.5 Å². The molecule has 0 aliphatic carbocycles. The fourth-order valence-electron chi connectivity index (χ4n) is 2.27. The minimum Gasteiger partial charge on any atom is -0.507 e. The van der Waals surface area contributed by atoms with E-state index in [1.807, 2.05) is 37.5 Å². The van der Waals surface area contributed by atoms with Crippen LogP contribution in [0.3, 0.4) is 0 Å². The number of halogens is 2. The monoisotopic (exact) mass is 378 g/mol. The maximum atomic E-state index is 10.1. The third kappa shape index (κ3) is 2.69. The average Bonchev–Trinajstić information content (AvgIpc) is 2.85. The van der Waals surface area contributed by atoms with E-state index in [-0.39, 0.29) is 16.5 Å². The van der Waals surface area contributed by atoms with Gasteiger partial charge >= 0.3 is 0 Å². The van der Waals surface area contributed by atoms with Crippen molar-refractivity contribution in [2.75, 3.05) is 0 Å². The summed E-state index contributed by atoms with van der Waals surface area (Å²) in [5.41, 5.74) is 2.91. The number of aromatic hydroxyl groups is 2. The van der Waals surface area contributed by atoms with Crippen LogP contribution in [0.1, 0.15) is 0 Å². The van der Waals surface area contributed by atoms with Gasteiger partial charge in [-0.05, 0) is 23.8 Å². The van der Waals surface area contributed by atoms with Crippen LogP contribution in [-0.4, -0.2) is 20.0 Å². The van der Waals surface area contributed by atoms with E-state index in [1.54, 1.807) is 4.68 Å². The predicted molar refractivity (Wildman–Crippen MR) is 90.1 cm³/mol. The maximum Gasteiger partial charge on any atom is 0.137 e. The number of phenolic OH excluding ortho intramolecular Hbond substituents is 2. The molecular formula is C16H12BrClN2O2. The van der Waals surface area contributed by atoms with Gasteiger partial charge in [0.2, 0.25) is 0 Å². The van der Waals surface area contributed by atoms with Gasteiger partial charge in [-0.3, -0.25) is 4.68 Å². The van der Waals surface area contributed by atoms with Crippen molar-refractivity contribution in [3.05, 3.63) is 52.1 Å². The highest BCUT2D eigenvalue weighted by Crippen LogP contribution is 2.40. The molecule has 0 atom stereocenters. The lowest BCUT2D eigenvalue weighted by molar-refractivity contribution is 0.452. The Morgan fingerprint density at radius 3 is 2.41 bits per heavy atom. The summed E-state index contributed by atoms with van der Waals surface area (Å²) < 4.78 is 2.66. The molecule has 4 nitrogen and oxygen atoms in total. The van der Waals surface area contributed by atoms with E-state index in [1.165, 1.54) is 12.1 Å². The first-order valence-corrected chi connectivity index (χ1v) is 7.64. The Morgan fingerprint density at radius 1 is 1.05 bits per heavy atom. The van der Waals surface area contributed by atoms with Crippen LogP contribution in [-0.2, 0) is 7.05 Å². The first-order chi connectivity index (χ1) is 10.5. The van der Waals surface area contributed by atoms with Gasteiger partial charge < -0.3 is 10.2 Å². The van der Waals surface area contributed by atoms with Crippen molar-refractivity contribution in [3.8, 4) is 33.9 Å². The third-order valence-electron chi connectivity index (χ3n) is 3.30. The lowest BCUT2D eigenvalue weighted by Gasteiger charge is -2.07. The van der Waals surface area contributed by atoms with Gasteiger partial charge in [0.1, 0.15) is 17.2 Å². The van der Waals surface area contributed by atoms with Crippen LogP contribution in [0, 0.1) is 0 Å². The van der Waals surface area contributed by atoms with Crippen LogP contribution in [0.15, 0.2) is 47.1 Å². The van der Waals surface area contributed by atoms with Crippen LogP contribution < -0.4 is 0 Å². The van der Waals surface area contributed by atoms with Crippen molar-refractivity contribution in [3.63, 3.8) is 0 Å². The highest BCUT2D eigenvalue weighted by molar-refractivity contribution is 9.10. The number of hydrogen-bond acceptors (Lipinski definition) is 3. The zero-order valence-electron chi connectivity index (χ0n) is 11.6. The maximum absolute atomic E-state index is 10.1. The Labute approximate surface area is 140 Å². The minimum absolute atomic E-state index is 0.0704. The minimum atomic E-state index is -0.163. The van der Waals surface area contributed by atoms with Gasteiger partial charge in [0.25, 0.3) is 0 Å². The number of benzene rings is 2. The van der Waals surface area contributed by atoms with Crippen molar-refractivity contribution in [2.45, 2.75) is 0 Å². The zero-order valence-corrected chi connectivity index (χ0v) is 13.9. The largest absolute Gasteiger partial charge is 0.507 e. The summed E-state index contributed by atoms with van der Waals surface area (Å²) in [6.07, 6.45) is 1.87. The van der Waals surface area contributed by atoms with Crippen LogP contribution in [0.2, 0.25) is 5.02 Å². The zero-order chi connectivity index (χ0) is 15.9. The van der Waals surface area contributed by atoms with Crippen molar-refractivity contribution in [2.24, 2.45) is 7.05 Å². The summed E-state index contributed by atoms with van der Waals surface area (Å²) in [4.78, 5) is 0. The summed E-state index contributed by atoms with van der Waals surface area (Å²) in [5, 5.41) is 24.3. The Balaban J connectivity index is 2.20. The van der Waals surface area contributed by atoms with E-state index in [2.05, 4.69) is 21.0 Å². The fourth-order valence-corrected chi connectivity index (χ4v) is 2.70. The Hall–Kier alpha value is -1.98. The van der Waals surface area contributed by atoms with Crippen molar-refractivity contribution in [1.29, 1.82) is 0 Å². The number of aryl methyl sites for hydroxylation is 1. The number of nitrogens with zero attached hydrogens (tertiary/aromatic N) is 2. The average molecular weight is 380 g/mol. The van der Waals surface area contributed by atoms with Crippen LogP contribution in [0.4, 0.5) is 0 Å². The molecule has 0 saturated heterocycles. The normalized spacial score (nSPS) is 10.9. The molecule has 112 valence electrons. The smallest absolute Gasteiger partial charge is 0.137 e. The predicted octanol–water partition coefficient (Wildman–Crippen LogP) is 4.58. The Kier molecular flexibility index (Phi) is 3.85. The van der Waals surface area contributed by atoms with Crippen molar-refractivity contribution in [1.82, 2.24) is 9.78 Å². The number of aromatic nitrogens is 2. The van der Waals surface area contributed by atoms with Gasteiger partial charge in [-0.15, -0.1) is 0 Å². The fraction of sp³-hybridized carbons (Fsp3) is 0.0625. The first-order valence-electron chi connectivity index (χ1n) is 6.47. The van der Waals surface area contributed by atoms with Gasteiger partial charge in [0, 0.05) is 34.9 Å². The summed E-state index contributed by atoms with van der Waals surface area (Å²) in [5.74, 6) is -0.233. The molecule has 2 N–H and O–H groups in total. The van der Waals surface area contributed by atoms with Crippen molar-refractivity contribution < 1.29 is 10.2 Å². The molecule has 0 aliphatic rings. The molecule has 2 aromatic carbocycles.